The Labute approximate surface area is 130 Å². The van der Waals surface area contributed by atoms with Gasteiger partial charge in [0.2, 0.25) is 5.95 Å². The van der Waals surface area contributed by atoms with Crippen LogP contribution in [0.2, 0.25) is 0 Å². The topological polar surface area (TPSA) is 42.3 Å². The Morgan fingerprint density at radius 3 is 2.91 bits per heavy atom. The van der Waals surface area contributed by atoms with E-state index in [-0.39, 0.29) is 6.17 Å². The Hall–Kier alpha value is -2.27. The number of hydrogen-bond donors (Lipinski definition) is 1. The lowest BCUT2D eigenvalue weighted by atomic mass is 10.1. The number of aromatic nitrogens is 2. The molecule has 0 radical (unpaired) electrons. The van der Waals surface area contributed by atoms with Gasteiger partial charge in [0, 0.05) is 31.0 Å². The maximum atomic E-state index is 5.41. The van der Waals surface area contributed by atoms with E-state index in [1.165, 1.54) is 6.42 Å². The molecule has 1 unspecified atom stereocenters. The third-order valence-electron chi connectivity index (χ3n) is 4.43. The number of nitrogens with one attached hydrogen (secondary N) is 1. The summed E-state index contributed by atoms with van der Waals surface area (Å²) in [5.74, 6) is 1.79. The van der Waals surface area contributed by atoms with Gasteiger partial charge in [-0.2, -0.15) is 0 Å². The van der Waals surface area contributed by atoms with Crippen LogP contribution in [0.25, 0.3) is 17.5 Å². The average molecular weight is 296 g/mol. The highest BCUT2D eigenvalue weighted by molar-refractivity contribution is 5.66. The van der Waals surface area contributed by atoms with Crippen LogP contribution >= 0.6 is 0 Å². The van der Waals surface area contributed by atoms with Crippen LogP contribution in [0.15, 0.2) is 30.5 Å². The van der Waals surface area contributed by atoms with Gasteiger partial charge < -0.3 is 10.1 Å². The van der Waals surface area contributed by atoms with Crippen LogP contribution in [0.5, 0.6) is 5.75 Å². The quantitative estimate of drug-likeness (QED) is 0.946. The molecule has 2 aliphatic rings. The van der Waals surface area contributed by atoms with Crippen molar-refractivity contribution in [3.05, 3.63) is 36.0 Å². The minimum atomic E-state index is 0.268. The second kappa shape index (κ2) is 5.18. The molecule has 5 nitrogen and oxygen atoms in total. The van der Waals surface area contributed by atoms with Crippen LogP contribution in [0, 0.1) is 6.92 Å². The number of methoxy groups -OCH3 is 1. The molecule has 1 aromatic carbocycles. The number of rotatable bonds is 3. The number of nitrogens with zero attached hydrogens (tertiary/aromatic N) is 3. The number of hydrogen-bond acceptors (Lipinski definition) is 4. The van der Waals surface area contributed by atoms with Crippen molar-refractivity contribution in [2.45, 2.75) is 19.5 Å². The summed E-state index contributed by atoms with van der Waals surface area (Å²) in [6, 6.07) is 6.20. The molecule has 2 aliphatic heterocycles. The molecule has 0 spiro atoms. The van der Waals surface area contributed by atoms with E-state index in [1.54, 1.807) is 7.11 Å². The SMILES string of the molecule is COc1cc(-c2cn3c(n2)NC(N2CCC2)C=C3)ccc1C. The lowest BCUT2D eigenvalue weighted by Crippen LogP contribution is -2.49. The van der Waals surface area contributed by atoms with E-state index < -0.39 is 0 Å². The molecular formula is C17H20N4O. The molecule has 3 heterocycles. The first kappa shape index (κ1) is 13.4. The largest absolute Gasteiger partial charge is 0.496 e. The lowest BCUT2D eigenvalue weighted by molar-refractivity contribution is 0.157. The second-order valence-electron chi connectivity index (χ2n) is 5.86. The fourth-order valence-electron chi connectivity index (χ4n) is 2.92. The van der Waals surface area contributed by atoms with Crippen LogP contribution in [0.4, 0.5) is 5.95 Å². The highest BCUT2D eigenvalue weighted by atomic mass is 16.5. The monoisotopic (exact) mass is 296 g/mol. The zero-order valence-corrected chi connectivity index (χ0v) is 12.9. The number of likely N-dealkylation sites (tertiary alicyclic amines) is 1. The first-order valence-electron chi connectivity index (χ1n) is 7.67. The average Bonchev–Trinajstić information content (AvgIpc) is 2.89. The van der Waals surface area contributed by atoms with Crippen LogP contribution in [-0.2, 0) is 0 Å². The predicted octanol–water partition coefficient (Wildman–Crippen LogP) is 2.80. The molecule has 1 fully saturated rings. The number of ether oxygens (including phenoxy) is 1. The first-order valence-corrected chi connectivity index (χ1v) is 7.67. The fraction of sp³-hybridized carbons (Fsp3) is 0.353. The number of anilines is 1. The van der Waals surface area contributed by atoms with Crippen molar-refractivity contribution in [3.63, 3.8) is 0 Å². The lowest BCUT2D eigenvalue weighted by Gasteiger charge is -2.38. The van der Waals surface area contributed by atoms with Crippen molar-refractivity contribution in [1.82, 2.24) is 14.5 Å². The Balaban J connectivity index is 1.63. The maximum absolute atomic E-state index is 5.41. The van der Waals surface area contributed by atoms with E-state index >= 15 is 0 Å². The van der Waals surface area contributed by atoms with Crippen LogP contribution in [-0.4, -0.2) is 40.8 Å². The Morgan fingerprint density at radius 2 is 2.18 bits per heavy atom. The van der Waals surface area contributed by atoms with Crippen LogP contribution in [0.1, 0.15) is 12.0 Å². The Kier molecular flexibility index (Phi) is 3.15. The number of aryl methyl sites for hydroxylation is 1. The molecule has 4 rings (SSSR count). The van der Waals surface area contributed by atoms with Crippen molar-refractivity contribution < 1.29 is 4.74 Å². The molecule has 1 N–H and O–H groups in total. The molecule has 5 heteroatoms. The summed E-state index contributed by atoms with van der Waals surface area (Å²) in [7, 11) is 1.70. The van der Waals surface area contributed by atoms with Crippen molar-refractivity contribution in [2.75, 3.05) is 25.5 Å². The van der Waals surface area contributed by atoms with Crippen LogP contribution in [0.3, 0.4) is 0 Å². The van der Waals surface area contributed by atoms with E-state index in [2.05, 4.69) is 40.8 Å². The van der Waals surface area contributed by atoms with Crippen molar-refractivity contribution in [2.24, 2.45) is 0 Å². The minimum Gasteiger partial charge on any atom is -0.496 e. The Bertz CT molecular complexity index is 730. The highest BCUT2D eigenvalue weighted by Gasteiger charge is 2.25. The number of imidazole rings is 1. The van der Waals surface area contributed by atoms with Gasteiger partial charge in [0.15, 0.2) is 0 Å². The van der Waals surface area contributed by atoms with E-state index in [0.717, 1.165) is 41.6 Å². The third kappa shape index (κ3) is 2.18. The maximum Gasteiger partial charge on any atom is 0.209 e. The van der Waals surface area contributed by atoms with Gasteiger partial charge in [0.1, 0.15) is 11.9 Å². The van der Waals surface area contributed by atoms with Crippen LogP contribution < -0.4 is 10.1 Å². The normalized spacial score (nSPS) is 20.2. The number of fused-ring (bicyclic) bond motifs is 1. The van der Waals surface area contributed by atoms with E-state index in [4.69, 9.17) is 9.72 Å². The molecule has 2 aromatic rings. The van der Waals surface area contributed by atoms with Gasteiger partial charge >= 0.3 is 0 Å². The molecule has 1 aromatic heterocycles. The molecule has 0 aliphatic carbocycles. The molecule has 0 bridgehead atoms. The fourth-order valence-corrected chi connectivity index (χ4v) is 2.92. The highest BCUT2D eigenvalue weighted by Crippen LogP contribution is 2.29. The van der Waals surface area contributed by atoms with E-state index in [0.29, 0.717) is 0 Å². The van der Waals surface area contributed by atoms with Gasteiger partial charge in [0.05, 0.1) is 12.8 Å². The van der Waals surface area contributed by atoms with Crippen molar-refractivity contribution in [3.8, 4) is 17.0 Å². The predicted molar refractivity (Wildman–Crippen MR) is 87.9 cm³/mol. The summed E-state index contributed by atoms with van der Waals surface area (Å²) >= 11 is 0. The Morgan fingerprint density at radius 1 is 1.32 bits per heavy atom. The standard InChI is InChI=1S/C17H20N4O/c1-12-4-5-13(10-15(12)22-2)14-11-21-9-6-16(19-17(21)18-14)20-7-3-8-20/h4-6,9-11,16H,3,7-8H2,1-2H3,(H,18,19). The van der Waals surface area contributed by atoms with Gasteiger partial charge in [-0.1, -0.05) is 12.1 Å². The molecule has 0 amide bonds. The molecule has 114 valence electrons. The summed E-state index contributed by atoms with van der Waals surface area (Å²) in [6.07, 6.45) is 7.89. The zero-order chi connectivity index (χ0) is 15.1. The van der Waals surface area contributed by atoms with Crippen molar-refractivity contribution in [1.29, 1.82) is 0 Å². The molecular weight excluding hydrogens is 276 g/mol. The molecule has 0 saturated carbocycles. The van der Waals surface area contributed by atoms with Gasteiger partial charge in [-0.15, -0.1) is 0 Å². The second-order valence-corrected chi connectivity index (χ2v) is 5.86. The zero-order valence-electron chi connectivity index (χ0n) is 12.9. The van der Waals surface area contributed by atoms with E-state index in [1.807, 2.05) is 17.6 Å². The van der Waals surface area contributed by atoms with Gasteiger partial charge in [-0.05, 0) is 31.1 Å². The minimum absolute atomic E-state index is 0.268. The van der Waals surface area contributed by atoms with E-state index in [9.17, 15) is 0 Å². The molecule has 22 heavy (non-hydrogen) atoms. The first-order chi connectivity index (χ1) is 10.7. The summed E-state index contributed by atoms with van der Waals surface area (Å²) in [5.41, 5.74) is 3.15. The van der Waals surface area contributed by atoms with Crippen molar-refractivity contribution >= 4 is 12.1 Å². The van der Waals surface area contributed by atoms with Gasteiger partial charge in [-0.3, -0.25) is 9.47 Å². The number of benzene rings is 1. The third-order valence-corrected chi connectivity index (χ3v) is 4.43. The summed E-state index contributed by atoms with van der Waals surface area (Å²) < 4.78 is 7.45. The van der Waals surface area contributed by atoms with Gasteiger partial charge in [0.25, 0.3) is 0 Å². The summed E-state index contributed by atoms with van der Waals surface area (Å²) in [5, 5.41) is 3.49. The summed E-state index contributed by atoms with van der Waals surface area (Å²) in [4.78, 5) is 7.14. The smallest absolute Gasteiger partial charge is 0.209 e. The molecule has 1 saturated heterocycles. The van der Waals surface area contributed by atoms with Gasteiger partial charge in [-0.25, -0.2) is 4.98 Å². The molecule has 1 atom stereocenters. The summed E-state index contributed by atoms with van der Waals surface area (Å²) in [6.45, 7) is 4.36.